The van der Waals surface area contributed by atoms with Crippen LogP contribution in [0.25, 0.3) is 0 Å². The van der Waals surface area contributed by atoms with Crippen LogP contribution in [0, 0.1) is 0 Å². The molecule has 84 valence electrons. The van der Waals surface area contributed by atoms with Crippen LogP contribution in [0.3, 0.4) is 0 Å². The summed E-state index contributed by atoms with van der Waals surface area (Å²) in [5.41, 5.74) is 0. The molecule has 0 spiro atoms. The van der Waals surface area contributed by atoms with Gasteiger partial charge in [-0.1, -0.05) is 33.1 Å². The van der Waals surface area contributed by atoms with Crippen LogP contribution in [-0.2, 0) is 4.79 Å². The molecule has 0 aliphatic heterocycles. The first kappa shape index (κ1) is 13.4. The van der Waals surface area contributed by atoms with E-state index >= 15 is 0 Å². The molecule has 0 aromatic heterocycles. The zero-order valence-corrected chi connectivity index (χ0v) is 9.55. The van der Waals surface area contributed by atoms with Crippen LogP contribution in [-0.4, -0.2) is 23.2 Å². The summed E-state index contributed by atoms with van der Waals surface area (Å²) in [6.07, 6.45) is 5.34. The van der Waals surface area contributed by atoms with Gasteiger partial charge in [0.15, 0.2) is 0 Å². The van der Waals surface area contributed by atoms with Gasteiger partial charge < -0.3 is 10.4 Å². The van der Waals surface area contributed by atoms with Crippen molar-refractivity contribution in [2.75, 3.05) is 0 Å². The van der Waals surface area contributed by atoms with Gasteiger partial charge in [-0.25, -0.2) is 0 Å². The van der Waals surface area contributed by atoms with E-state index in [4.69, 9.17) is 5.11 Å². The largest absolute Gasteiger partial charge is 0.480 e. The molecule has 3 heteroatoms. The maximum atomic E-state index is 10.7. The minimum Gasteiger partial charge on any atom is -0.480 e. The minimum atomic E-state index is -0.741. The molecule has 14 heavy (non-hydrogen) atoms. The quantitative estimate of drug-likeness (QED) is 0.593. The van der Waals surface area contributed by atoms with Gasteiger partial charge in [-0.3, -0.25) is 4.79 Å². The van der Waals surface area contributed by atoms with Crippen molar-refractivity contribution in [2.45, 2.75) is 65.0 Å². The first-order valence-corrected chi connectivity index (χ1v) is 5.60. The number of carboxylic acids is 1. The molecule has 0 radical (unpaired) electrons. The van der Waals surface area contributed by atoms with Crippen molar-refractivity contribution in [2.24, 2.45) is 0 Å². The zero-order valence-electron chi connectivity index (χ0n) is 9.55. The van der Waals surface area contributed by atoms with Crippen LogP contribution in [0.2, 0.25) is 0 Å². The van der Waals surface area contributed by atoms with Crippen LogP contribution in [0.4, 0.5) is 0 Å². The predicted molar refractivity (Wildman–Crippen MR) is 58.5 cm³/mol. The maximum Gasteiger partial charge on any atom is 0.320 e. The lowest BCUT2D eigenvalue weighted by atomic mass is 10.1. The van der Waals surface area contributed by atoms with Crippen molar-refractivity contribution in [3.63, 3.8) is 0 Å². The average molecular weight is 201 g/mol. The second-order valence-corrected chi connectivity index (χ2v) is 3.86. The Bertz CT molecular complexity index is 159. The van der Waals surface area contributed by atoms with E-state index in [1.54, 1.807) is 0 Å². The number of carbonyl (C=O) groups is 1. The first-order chi connectivity index (χ1) is 6.61. The lowest BCUT2D eigenvalue weighted by Gasteiger charge is -2.18. The predicted octanol–water partition coefficient (Wildman–Crippen LogP) is 2.41. The van der Waals surface area contributed by atoms with Gasteiger partial charge in [0.05, 0.1) is 0 Å². The van der Waals surface area contributed by atoms with Gasteiger partial charge >= 0.3 is 5.97 Å². The monoisotopic (exact) mass is 201 g/mol. The molecule has 0 fully saturated rings. The molecule has 0 aliphatic carbocycles. The van der Waals surface area contributed by atoms with Crippen LogP contribution in [0.15, 0.2) is 0 Å². The van der Waals surface area contributed by atoms with Crippen molar-refractivity contribution in [1.82, 2.24) is 5.32 Å². The lowest BCUT2D eigenvalue weighted by Crippen LogP contribution is -2.41. The number of nitrogens with one attached hydrogen (secondary N) is 1. The Kier molecular flexibility index (Phi) is 7.48. The molecule has 2 atom stereocenters. The van der Waals surface area contributed by atoms with E-state index < -0.39 is 5.97 Å². The van der Waals surface area contributed by atoms with E-state index in [9.17, 15) is 4.79 Å². The average Bonchev–Trinajstić information content (AvgIpc) is 2.14. The molecule has 0 saturated heterocycles. The van der Waals surface area contributed by atoms with Crippen molar-refractivity contribution >= 4 is 5.97 Å². The number of hydrogen-bond donors (Lipinski definition) is 2. The highest BCUT2D eigenvalue weighted by molar-refractivity contribution is 5.73. The summed E-state index contributed by atoms with van der Waals surface area (Å²) < 4.78 is 0. The van der Waals surface area contributed by atoms with Crippen LogP contribution in [0.5, 0.6) is 0 Å². The summed E-state index contributed by atoms with van der Waals surface area (Å²) in [4.78, 5) is 10.7. The summed E-state index contributed by atoms with van der Waals surface area (Å²) in [6, 6.07) is -0.0748. The fourth-order valence-corrected chi connectivity index (χ4v) is 1.49. The lowest BCUT2D eigenvalue weighted by molar-refractivity contribution is -0.139. The Morgan fingerprint density at radius 1 is 1.36 bits per heavy atom. The Labute approximate surface area is 86.9 Å². The highest BCUT2D eigenvalue weighted by atomic mass is 16.4. The van der Waals surface area contributed by atoms with Gasteiger partial charge in [-0.05, 0) is 19.8 Å². The van der Waals surface area contributed by atoms with E-state index in [1.807, 2.05) is 6.92 Å². The van der Waals surface area contributed by atoms with Gasteiger partial charge in [-0.2, -0.15) is 0 Å². The van der Waals surface area contributed by atoms with E-state index in [1.165, 1.54) is 19.3 Å². The normalized spacial score (nSPS) is 15.1. The van der Waals surface area contributed by atoms with Gasteiger partial charge in [0.2, 0.25) is 0 Å². The Hall–Kier alpha value is -0.570. The molecule has 0 aromatic rings. The third-order valence-corrected chi connectivity index (χ3v) is 2.43. The van der Waals surface area contributed by atoms with Gasteiger partial charge in [0.1, 0.15) is 6.04 Å². The Morgan fingerprint density at radius 3 is 2.43 bits per heavy atom. The topological polar surface area (TPSA) is 49.3 Å². The summed E-state index contributed by atoms with van der Waals surface area (Å²) >= 11 is 0. The number of carboxylic acid groups (broad SMARTS) is 1. The standard InChI is InChI=1S/C11H23NO2/c1-4-6-7-8-9(3)12-10(5-2)11(13)14/h9-10,12H,4-8H2,1-3H3,(H,13,14). The number of unbranched alkanes of at least 4 members (excludes halogenated alkanes) is 2. The van der Waals surface area contributed by atoms with Gasteiger partial charge in [0.25, 0.3) is 0 Å². The van der Waals surface area contributed by atoms with E-state index in [0.717, 1.165) is 6.42 Å². The molecule has 2 unspecified atom stereocenters. The summed E-state index contributed by atoms with van der Waals surface area (Å²) in [5, 5.41) is 12.0. The highest BCUT2D eigenvalue weighted by Crippen LogP contribution is 2.04. The number of hydrogen-bond acceptors (Lipinski definition) is 2. The smallest absolute Gasteiger partial charge is 0.320 e. The van der Waals surface area contributed by atoms with E-state index in [0.29, 0.717) is 12.5 Å². The third-order valence-electron chi connectivity index (χ3n) is 2.43. The summed E-state index contributed by atoms with van der Waals surface area (Å²) in [5.74, 6) is -0.741. The summed E-state index contributed by atoms with van der Waals surface area (Å²) in [7, 11) is 0. The van der Waals surface area contributed by atoms with Crippen molar-refractivity contribution in [1.29, 1.82) is 0 Å². The molecule has 0 aliphatic rings. The van der Waals surface area contributed by atoms with Gasteiger partial charge in [-0.15, -0.1) is 0 Å². The highest BCUT2D eigenvalue weighted by Gasteiger charge is 2.16. The van der Waals surface area contributed by atoms with E-state index in [2.05, 4.69) is 19.2 Å². The van der Waals surface area contributed by atoms with E-state index in [-0.39, 0.29) is 6.04 Å². The third kappa shape index (κ3) is 5.97. The molecular weight excluding hydrogens is 178 g/mol. The Balaban J connectivity index is 3.67. The van der Waals surface area contributed by atoms with Crippen molar-refractivity contribution in [3.05, 3.63) is 0 Å². The fourth-order valence-electron chi connectivity index (χ4n) is 1.49. The fraction of sp³-hybridized carbons (Fsp3) is 0.909. The second kappa shape index (κ2) is 7.80. The zero-order chi connectivity index (χ0) is 11.0. The van der Waals surface area contributed by atoms with Crippen LogP contribution < -0.4 is 5.32 Å². The second-order valence-electron chi connectivity index (χ2n) is 3.86. The van der Waals surface area contributed by atoms with Crippen LogP contribution >= 0.6 is 0 Å². The molecule has 0 saturated carbocycles. The summed E-state index contributed by atoms with van der Waals surface area (Å²) in [6.45, 7) is 6.12. The maximum absolute atomic E-state index is 10.7. The number of rotatable bonds is 8. The molecule has 2 N–H and O–H groups in total. The molecule has 3 nitrogen and oxygen atoms in total. The van der Waals surface area contributed by atoms with Crippen LogP contribution in [0.1, 0.15) is 52.9 Å². The first-order valence-electron chi connectivity index (χ1n) is 5.60. The molecule has 0 bridgehead atoms. The van der Waals surface area contributed by atoms with Crippen molar-refractivity contribution in [3.8, 4) is 0 Å². The molecular formula is C11H23NO2. The van der Waals surface area contributed by atoms with Gasteiger partial charge in [0, 0.05) is 6.04 Å². The SMILES string of the molecule is CCCCCC(C)NC(CC)C(=O)O. The molecule has 0 rings (SSSR count). The Morgan fingerprint density at radius 2 is 2.00 bits per heavy atom. The minimum absolute atomic E-state index is 0.308. The van der Waals surface area contributed by atoms with Crippen molar-refractivity contribution < 1.29 is 9.90 Å². The number of aliphatic carboxylic acids is 1. The molecule has 0 amide bonds. The molecule has 0 aromatic carbocycles. The molecule has 0 heterocycles.